The summed E-state index contributed by atoms with van der Waals surface area (Å²) in [5.41, 5.74) is 0.461. The first kappa shape index (κ1) is 17.5. The molecule has 0 aliphatic heterocycles. The van der Waals surface area contributed by atoms with Crippen LogP contribution in [0.1, 0.15) is 45.6 Å². The summed E-state index contributed by atoms with van der Waals surface area (Å²) in [6.07, 6.45) is 0.550. The van der Waals surface area contributed by atoms with Crippen molar-refractivity contribution >= 4 is 5.97 Å². The van der Waals surface area contributed by atoms with E-state index < -0.39 is 5.54 Å². The van der Waals surface area contributed by atoms with Gasteiger partial charge in [-0.05, 0) is 38.4 Å². The molecule has 0 spiro atoms. The lowest BCUT2D eigenvalue weighted by Gasteiger charge is -2.27. The summed E-state index contributed by atoms with van der Waals surface area (Å²) in [7, 11) is 1.76. The van der Waals surface area contributed by atoms with E-state index in [-0.39, 0.29) is 5.97 Å². The predicted molar refractivity (Wildman–Crippen MR) is 84.7 cm³/mol. The molecule has 0 heterocycles. The van der Waals surface area contributed by atoms with Gasteiger partial charge in [-0.1, -0.05) is 32.0 Å². The molecule has 1 aromatic carbocycles. The van der Waals surface area contributed by atoms with E-state index in [9.17, 15) is 4.79 Å². The highest BCUT2D eigenvalue weighted by Crippen LogP contribution is 2.26. The fourth-order valence-electron chi connectivity index (χ4n) is 2.07. The second-order valence-corrected chi connectivity index (χ2v) is 5.59. The molecule has 0 aromatic heterocycles. The van der Waals surface area contributed by atoms with Crippen molar-refractivity contribution < 1.29 is 14.3 Å². The van der Waals surface area contributed by atoms with E-state index in [0.717, 1.165) is 5.75 Å². The number of likely N-dealkylation sites (N-methyl/N-ethyl adjacent to an activating group) is 1. The van der Waals surface area contributed by atoms with Gasteiger partial charge in [0.05, 0.1) is 13.2 Å². The third-order valence-electron chi connectivity index (χ3n) is 3.68. The van der Waals surface area contributed by atoms with Gasteiger partial charge in [0, 0.05) is 6.42 Å². The Morgan fingerprint density at radius 1 is 1.33 bits per heavy atom. The lowest BCUT2D eigenvalue weighted by atomic mass is 9.98. The number of para-hydroxylation sites is 1. The molecule has 4 nitrogen and oxygen atoms in total. The zero-order valence-corrected chi connectivity index (χ0v) is 13.7. The minimum atomic E-state index is -0.719. The number of nitrogens with one attached hydrogen (secondary N) is 1. The number of hydrogen-bond acceptors (Lipinski definition) is 4. The topological polar surface area (TPSA) is 47.6 Å². The Labute approximate surface area is 127 Å². The third-order valence-corrected chi connectivity index (χ3v) is 3.68. The Hall–Kier alpha value is -1.55. The quantitative estimate of drug-likeness (QED) is 0.748. The van der Waals surface area contributed by atoms with Crippen molar-refractivity contribution in [2.75, 3.05) is 20.3 Å². The van der Waals surface area contributed by atoms with Crippen molar-refractivity contribution in [3.05, 3.63) is 29.8 Å². The van der Waals surface area contributed by atoms with Gasteiger partial charge < -0.3 is 14.8 Å². The Bertz CT molecular complexity index is 459. The van der Waals surface area contributed by atoms with Crippen LogP contribution in [0.15, 0.2) is 24.3 Å². The van der Waals surface area contributed by atoms with Gasteiger partial charge >= 0.3 is 5.97 Å². The van der Waals surface area contributed by atoms with Gasteiger partial charge in [0.1, 0.15) is 11.3 Å². The van der Waals surface area contributed by atoms with Crippen LogP contribution < -0.4 is 10.1 Å². The van der Waals surface area contributed by atoms with Crippen LogP contribution in [0.5, 0.6) is 5.75 Å². The molecule has 0 amide bonds. The Kier molecular flexibility index (Phi) is 6.69. The van der Waals surface area contributed by atoms with Crippen LogP contribution in [0, 0.1) is 0 Å². The molecule has 1 N–H and O–H groups in total. The number of carbonyl (C=O) groups excluding carboxylic acids is 1. The first-order valence-electron chi connectivity index (χ1n) is 7.52. The molecular weight excluding hydrogens is 266 g/mol. The summed E-state index contributed by atoms with van der Waals surface area (Å²) < 4.78 is 11.0. The lowest BCUT2D eigenvalue weighted by Crippen LogP contribution is -2.49. The van der Waals surface area contributed by atoms with E-state index in [4.69, 9.17) is 9.47 Å². The van der Waals surface area contributed by atoms with Gasteiger partial charge in [0.15, 0.2) is 0 Å². The minimum Gasteiger partial charge on any atom is -0.493 e. The molecule has 1 atom stereocenters. The van der Waals surface area contributed by atoms with Gasteiger partial charge in [-0.2, -0.15) is 0 Å². The second kappa shape index (κ2) is 8.03. The van der Waals surface area contributed by atoms with Gasteiger partial charge in [0.2, 0.25) is 0 Å². The monoisotopic (exact) mass is 293 g/mol. The lowest BCUT2D eigenvalue weighted by molar-refractivity contribution is -0.150. The Balaban J connectivity index is 2.65. The molecule has 0 saturated heterocycles. The number of carbonyl (C=O) groups is 1. The van der Waals surface area contributed by atoms with Crippen molar-refractivity contribution in [3.63, 3.8) is 0 Å². The standard InChI is InChI=1S/C17H27NO3/c1-6-20-16(19)17(4,18-5)11-12-21-15-10-8-7-9-14(15)13(2)3/h7-10,13,18H,6,11-12H2,1-5H3. The molecule has 1 rings (SSSR count). The summed E-state index contributed by atoms with van der Waals surface area (Å²) in [4.78, 5) is 12.0. The molecular formula is C17H27NO3. The highest BCUT2D eigenvalue weighted by molar-refractivity contribution is 5.80. The van der Waals surface area contributed by atoms with E-state index in [1.54, 1.807) is 7.05 Å². The summed E-state index contributed by atoms with van der Waals surface area (Å²) in [5, 5.41) is 3.03. The smallest absolute Gasteiger partial charge is 0.326 e. The fraction of sp³-hybridized carbons (Fsp3) is 0.588. The van der Waals surface area contributed by atoms with Gasteiger partial charge in [-0.15, -0.1) is 0 Å². The normalized spacial score (nSPS) is 13.8. The Morgan fingerprint density at radius 3 is 2.57 bits per heavy atom. The maximum Gasteiger partial charge on any atom is 0.326 e. The number of esters is 1. The first-order chi connectivity index (χ1) is 9.94. The second-order valence-electron chi connectivity index (χ2n) is 5.59. The van der Waals surface area contributed by atoms with E-state index in [2.05, 4.69) is 25.2 Å². The van der Waals surface area contributed by atoms with Crippen molar-refractivity contribution in [3.8, 4) is 5.75 Å². The molecule has 0 aliphatic carbocycles. The van der Waals surface area contributed by atoms with Crippen LogP contribution in [-0.4, -0.2) is 31.8 Å². The molecule has 118 valence electrons. The number of rotatable bonds is 8. The maximum atomic E-state index is 12.0. The third kappa shape index (κ3) is 4.74. The van der Waals surface area contributed by atoms with Crippen LogP contribution in [0.2, 0.25) is 0 Å². The predicted octanol–water partition coefficient (Wildman–Crippen LogP) is 3.12. The molecule has 0 fully saturated rings. The zero-order chi connectivity index (χ0) is 15.9. The van der Waals surface area contributed by atoms with Crippen molar-refractivity contribution in [1.82, 2.24) is 5.32 Å². The van der Waals surface area contributed by atoms with Crippen LogP contribution in [-0.2, 0) is 9.53 Å². The first-order valence-corrected chi connectivity index (χ1v) is 7.52. The average Bonchev–Trinajstić information content (AvgIpc) is 2.47. The van der Waals surface area contributed by atoms with Crippen molar-refractivity contribution in [2.24, 2.45) is 0 Å². The Morgan fingerprint density at radius 2 is 2.00 bits per heavy atom. The van der Waals surface area contributed by atoms with E-state index in [0.29, 0.717) is 25.6 Å². The highest BCUT2D eigenvalue weighted by atomic mass is 16.5. The zero-order valence-electron chi connectivity index (χ0n) is 13.7. The molecule has 0 bridgehead atoms. The summed E-state index contributed by atoms with van der Waals surface area (Å²) in [6, 6.07) is 8.02. The highest BCUT2D eigenvalue weighted by Gasteiger charge is 2.32. The summed E-state index contributed by atoms with van der Waals surface area (Å²) in [6.45, 7) is 8.76. The SMILES string of the molecule is CCOC(=O)C(C)(CCOc1ccccc1C(C)C)NC. The van der Waals surface area contributed by atoms with E-state index in [1.807, 2.05) is 32.0 Å². The summed E-state index contributed by atoms with van der Waals surface area (Å²) >= 11 is 0. The summed E-state index contributed by atoms with van der Waals surface area (Å²) in [5.74, 6) is 1.05. The molecule has 1 aromatic rings. The van der Waals surface area contributed by atoms with Crippen LogP contribution in [0.25, 0.3) is 0 Å². The van der Waals surface area contributed by atoms with Gasteiger partial charge in [-0.25, -0.2) is 0 Å². The molecule has 21 heavy (non-hydrogen) atoms. The van der Waals surface area contributed by atoms with Gasteiger partial charge in [0.25, 0.3) is 0 Å². The average molecular weight is 293 g/mol. The molecule has 4 heteroatoms. The maximum absolute atomic E-state index is 12.0. The number of benzene rings is 1. The van der Waals surface area contributed by atoms with Crippen molar-refractivity contribution in [1.29, 1.82) is 0 Å². The molecule has 1 unspecified atom stereocenters. The molecule has 0 aliphatic rings. The number of hydrogen-bond donors (Lipinski definition) is 1. The molecule has 0 radical (unpaired) electrons. The molecule has 0 saturated carbocycles. The minimum absolute atomic E-state index is 0.242. The number of ether oxygens (including phenoxy) is 2. The van der Waals surface area contributed by atoms with Crippen LogP contribution in [0.3, 0.4) is 0 Å². The van der Waals surface area contributed by atoms with Crippen LogP contribution in [0.4, 0.5) is 0 Å². The fourth-order valence-corrected chi connectivity index (χ4v) is 2.07. The van der Waals surface area contributed by atoms with E-state index in [1.165, 1.54) is 5.56 Å². The van der Waals surface area contributed by atoms with Gasteiger partial charge in [-0.3, -0.25) is 4.79 Å². The van der Waals surface area contributed by atoms with E-state index >= 15 is 0 Å². The van der Waals surface area contributed by atoms with Crippen LogP contribution >= 0.6 is 0 Å². The largest absolute Gasteiger partial charge is 0.493 e. The van der Waals surface area contributed by atoms with Crippen molar-refractivity contribution in [2.45, 2.75) is 45.6 Å².